The lowest BCUT2D eigenvalue weighted by Crippen LogP contribution is -2.41. The topological polar surface area (TPSA) is 87.7 Å². The van der Waals surface area contributed by atoms with Gasteiger partial charge in [0, 0.05) is 13.1 Å². The van der Waals surface area contributed by atoms with E-state index in [-0.39, 0.29) is 12.6 Å². The summed E-state index contributed by atoms with van der Waals surface area (Å²) in [5.74, 6) is -1.41. The molecule has 0 heterocycles. The summed E-state index contributed by atoms with van der Waals surface area (Å²) in [6, 6.07) is -0.338. The van der Waals surface area contributed by atoms with Crippen LogP contribution in [0.5, 0.6) is 0 Å². The number of hydrogen-bond donors (Lipinski definition) is 3. The molecule has 0 radical (unpaired) electrons. The number of hydrogen-bond acceptors (Lipinski definition) is 3. The van der Waals surface area contributed by atoms with Gasteiger partial charge in [-0.2, -0.15) is 0 Å². The van der Waals surface area contributed by atoms with Crippen molar-refractivity contribution in [2.45, 2.75) is 45.1 Å². The Kier molecular flexibility index (Phi) is 7.25. The summed E-state index contributed by atoms with van der Waals surface area (Å²) >= 11 is 0. The number of carbonyl (C=O) groups is 2. The number of aliphatic carboxylic acids is 1. The first-order valence-electron chi connectivity index (χ1n) is 6.99. The minimum absolute atomic E-state index is 0.154. The van der Waals surface area contributed by atoms with Gasteiger partial charge in [-0.3, -0.25) is 4.79 Å². The number of rotatable bonds is 8. The third-order valence-corrected chi connectivity index (χ3v) is 3.39. The van der Waals surface area contributed by atoms with Crippen LogP contribution in [-0.2, 0) is 9.53 Å². The van der Waals surface area contributed by atoms with Crippen LogP contribution in [0.4, 0.5) is 4.79 Å². The molecule has 1 aliphatic rings. The predicted molar refractivity (Wildman–Crippen MR) is 71.0 cm³/mol. The number of nitrogens with one attached hydrogen (secondary N) is 2. The Bertz CT molecular complexity index is 290. The van der Waals surface area contributed by atoms with Crippen LogP contribution in [0.15, 0.2) is 0 Å². The number of amides is 2. The predicted octanol–water partition coefficient (Wildman–Crippen LogP) is 1.36. The Balaban J connectivity index is 2.02. The molecule has 110 valence electrons. The van der Waals surface area contributed by atoms with Gasteiger partial charge >= 0.3 is 12.0 Å². The molecule has 0 bridgehead atoms. The molecular weight excluding hydrogens is 248 g/mol. The molecule has 0 saturated heterocycles. The minimum Gasteiger partial charge on any atom is -0.481 e. The average Bonchev–Trinajstić information content (AvgIpc) is 2.88. The molecule has 0 aromatic heterocycles. The number of ether oxygens (including phenoxy) is 1. The highest BCUT2D eigenvalue weighted by molar-refractivity contribution is 5.75. The van der Waals surface area contributed by atoms with Crippen molar-refractivity contribution in [1.82, 2.24) is 10.6 Å². The summed E-state index contributed by atoms with van der Waals surface area (Å²) < 4.78 is 5.60. The van der Waals surface area contributed by atoms with Crippen molar-refractivity contribution in [3.05, 3.63) is 0 Å². The lowest BCUT2D eigenvalue weighted by molar-refractivity contribution is -0.141. The van der Waals surface area contributed by atoms with E-state index >= 15 is 0 Å². The average molecular weight is 272 g/mol. The van der Waals surface area contributed by atoms with E-state index in [2.05, 4.69) is 10.6 Å². The summed E-state index contributed by atoms with van der Waals surface area (Å²) in [6.07, 6.45) is 5.53. The van der Waals surface area contributed by atoms with E-state index in [4.69, 9.17) is 9.84 Å². The number of carbonyl (C=O) groups excluding carboxylic acids is 1. The van der Waals surface area contributed by atoms with Gasteiger partial charge in [0.1, 0.15) is 0 Å². The quantitative estimate of drug-likeness (QED) is 0.582. The van der Waals surface area contributed by atoms with Crippen molar-refractivity contribution in [3.63, 3.8) is 0 Å². The van der Waals surface area contributed by atoms with Gasteiger partial charge in [0.15, 0.2) is 0 Å². The molecule has 0 aromatic rings. The van der Waals surface area contributed by atoms with Crippen LogP contribution >= 0.6 is 0 Å². The van der Waals surface area contributed by atoms with Gasteiger partial charge in [0.05, 0.1) is 18.6 Å². The summed E-state index contributed by atoms with van der Waals surface area (Å²) in [5, 5.41) is 14.0. The first kappa shape index (κ1) is 15.8. The second-order valence-electron chi connectivity index (χ2n) is 4.86. The smallest absolute Gasteiger partial charge is 0.314 e. The molecule has 19 heavy (non-hydrogen) atoms. The molecule has 2 amide bonds. The Morgan fingerprint density at radius 3 is 2.58 bits per heavy atom. The van der Waals surface area contributed by atoms with Crippen LogP contribution in [0.25, 0.3) is 0 Å². The molecule has 1 saturated carbocycles. The molecule has 1 atom stereocenters. The van der Waals surface area contributed by atoms with Crippen molar-refractivity contribution in [1.29, 1.82) is 0 Å². The van der Waals surface area contributed by atoms with E-state index in [0.717, 1.165) is 12.8 Å². The molecule has 0 spiro atoms. The number of carboxylic acid groups (broad SMARTS) is 1. The van der Waals surface area contributed by atoms with Gasteiger partial charge in [-0.25, -0.2) is 4.79 Å². The van der Waals surface area contributed by atoms with E-state index in [1.165, 1.54) is 12.8 Å². The van der Waals surface area contributed by atoms with Gasteiger partial charge in [0.2, 0.25) is 0 Å². The highest BCUT2D eigenvalue weighted by Gasteiger charge is 2.16. The highest BCUT2D eigenvalue weighted by Crippen LogP contribution is 2.20. The van der Waals surface area contributed by atoms with E-state index in [1.807, 2.05) is 0 Å². The van der Waals surface area contributed by atoms with Crippen molar-refractivity contribution in [2.75, 3.05) is 19.7 Å². The summed E-state index contributed by atoms with van der Waals surface area (Å²) in [6.45, 7) is 2.90. The molecule has 0 aliphatic heterocycles. The van der Waals surface area contributed by atoms with Crippen LogP contribution in [0.3, 0.4) is 0 Å². The molecule has 0 aromatic carbocycles. The molecule has 1 aliphatic carbocycles. The van der Waals surface area contributed by atoms with Gasteiger partial charge in [-0.1, -0.05) is 19.8 Å². The molecule has 6 nitrogen and oxygen atoms in total. The highest BCUT2D eigenvalue weighted by atomic mass is 16.5. The summed E-state index contributed by atoms with van der Waals surface area (Å²) in [5.41, 5.74) is 0. The Hall–Kier alpha value is -1.30. The van der Waals surface area contributed by atoms with Crippen LogP contribution in [-0.4, -0.2) is 42.9 Å². The fourth-order valence-corrected chi connectivity index (χ4v) is 2.13. The standard InChI is InChI=1S/C13H24N2O4/c1-2-10(12(16)17)9-15-13(18)14-7-8-19-11-5-3-4-6-11/h10-11H,2-9H2,1H3,(H,16,17)(H2,14,15,18). The zero-order valence-corrected chi connectivity index (χ0v) is 11.5. The van der Waals surface area contributed by atoms with Gasteiger partial charge in [-0.15, -0.1) is 0 Å². The molecule has 1 fully saturated rings. The maximum Gasteiger partial charge on any atom is 0.314 e. The third-order valence-electron chi connectivity index (χ3n) is 3.39. The SMILES string of the molecule is CCC(CNC(=O)NCCOC1CCCC1)C(=O)O. The van der Waals surface area contributed by atoms with Crippen LogP contribution < -0.4 is 10.6 Å². The van der Waals surface area contributed by atoms with Crippen LogP contribution in [0, 0.1) is 5.92 Å². The van der Waals surface area contributed by atoms with Gasteiger partial charge in [-0.05, 0) is 19.3 Å². The Labute approximate surface area is 113 Å². The molecule has 3 N–H and O–H groups in total. The largest absolute Gasteiger partial charge is 0.481 e. The zero-order valence-electron chi connectivity index (χ0n) is 11.5. The molecular formula is C13H24N2O4. The number of carboxylic acids is 1. The maximum absolute atomic E-state index is 11.4. The lowest BCUT2D eigenvalue weighted by Gasteiger charge is -2.13. The van der Waals surface area contributed by atoms with E-state index in [0.29, 0.717) is 25.7 Å². The fraction of sp³-hybridized carbons (Fsp3) is 0.846. The normalized spacial score (nSPS) is 17.1. The van der Waals surface area contributed by atoms with Gasteiger partial charge < -0.3 is 20.5 Å². The first-order valence-corrected chi connectivity index (χ1v) is 6.99. The van der Waals surface area contributed by atoms with E-state index < -0.39 is 11.9 Å². The van der Waals surface area contributed by atoms with Crippen molar-refractivity contribution < 1.29 is 19.4 Å². The molecule has 1 unspecified atom stereocenters. The van der Waals surface area contributed by atoms with Crippen LogP contribution in [0.1, 0.15) is 39.0 Å². The fourth-order valence-electron chi connectivity index (χ4n) is 2.13. The monoisotopic (exact) mass is 272 g/mol. The molecule has 1 rings (SSSR count). The van der Waals surface area contributed by atoms with Gasteiger partial charge in [0.25, 0.3) is 0 Å². The second-order valence-corrected chi connectivity index (χ2v) is 4.86. The molecule has 6 heteroatoms. The van der Waals surface area contributed by atoms with E-state index in [9.17, 15) is 9.59 Å². The van der Waals surface area contributed by atoms with Crippen molar-refractivity contribution >= 4 is 12.0 Å². The Morgan fingerprint density at radius 1 is 1.32 bits per heavy atom. The van der Waals surface area contributed by atoms with Crippen LogP contribution in [0.2, 0.25) is 0 Å². The zero-order chi connectivity index (χ0) is 14.1. The summed E-state index contributed by atoms with van der Waals surface area (Å²) in [4.78, 5) is 22.2. The Morgan fingerprint density at radius 2 is 2.00 bits per heavy atom. The third kappa shape index (κ3) is 6.42. The minimum atomic E-state index is -0.882. The van der Waals surface area contributed by atoms with Crippen molar-refractivity contribution in [2.24, 2.45) is 5.92 Å². The van der Waals surface area contributed by atoms with E-state index in [1.54, 1.807) is 6.92 Å². The maximum atomic E-state index is 11.4. The first-order chi connectivity index (χ1) is 9.13. The second kappa shape index (κ2) is 8.74. The number of urea groups is 1. The lowest BCUT2D eigenvalue weighted by atomic mass is 10.1. The van der Waals surface area contributed by atoms with Crippen molar-refractivity contribution in [3.8, 4) is 0 Å². The summed E-state index contributed by atoms with van der Waals surface area (Å²) in [7, 11) is 0.